The van der Waals surface area contributed by atoms with Crippen LogP contribution in [-0.2, 0) is 14.8 Å². The average Bonchev–Trinajstić information content (AvgIpc) is 3.22. The summed E-state index contributed by atoms with van der Waals surface area (Å²) in [6.45, 7) is 2.94. The standard InChI is InChI=1S/C17H21N3O4S2.ClH/c1-19(26(22,23)17-3-2-12-25-17)14-4-6-15(7-5-14)24-13-16(21)20-10-8-18-9-11-20;/h2-7,12,18H,8-11,13H2,1H3;1H. The molecule has 2 aromatic rings. The summed E-state index contributed by atoms with van der Waals surface area (Å²) in [5.41, 5.74) is 0.527. The minimum Gasteiger partial charge on any atom is -0.484 e. The molecule has 1 amide bonds. The van der Waals surface area contributed by atoms with Crippen LogP contribution in [0.15, 0.2) is 46.0 Å². The van der Waals surface area contributed by atoms with E-state index >= 15 is 0 Å². The second-order valence-electron chi connectivity index (χ2n) is 5.82. The lowest BCUT2D eigenvalue weighted by molar-refractivity contribution is -0.133. The number of sulfonamides is 1. The fraction of sp³-hybridized carbons (Fsp3) is 0.353. The van der Waals surface area contributed by atoms with Crippen molar-refractivity contribution in [2.45, 2.75) is 4.21 Å². The number of benzene rings is 1. The summed E-state index contributed by atoms with van der Waals surface area (Å²) in [7, 11) is -2.04. The summed E-state index contributed by atoms with van der Waals surface area (Å²) >= 11 is 1.18. The van der Waals surface area contributed by atoms with Crippen molar-refractivity contribution in [3.63, 3.8) is 0 Å². The van der Waals surface area contributed by atoms with E-state index in [-0.39, 0.29) is 24.9 Å². The van der Waals surface area contributed by atoms with E-state index in [2.05, 4.69) is 5.32 Å². The molecule has 148 valence electrons. The van der Waals surface area contributed by atoms with Crippen LogP contribution in [0.25, 0.3) is 0 Å². The van der Waals surface area contributed by atoms with Gasteiger partial charge >= 0.3 is 0 Å². The lowest BCUT2D eigenvalue weighted by Gasteiger charge is -2.27. The van der Waals surface area contributed by atoms with Crippen LogP contribution in [0.2, 0.25) is 0 Å². The zero-order chi connectivity index (χ0) is 18.6. The third kappa shape index (κ3) is 5.13. The van der Waals surface area contributed by atoms with Gasteiger partial charge in [0.25, 0.3) is 15.9 Å². The van der Waals surface area contributed by atoms with Crippen LogP contribution < -0.4 is 14.4 Å². The highest BCUT2D eigenvalue weighted by Crippen LogP contribution is 2.26. The quantitative estimate of drug-likeness (QED) is 0.754. The largest absolute Gasteiger partial charge is 0.484 e. The van der Waals surface area contributed by atoms with Crippen molar-refractivity contribution < 1.29 is 17.9 Å². The number of hydrogen-bond donors (Lipinski definition) is 1. The Balaban J connectivity index is 0.00000261. The van der Waals surface area contributed by atoms with Crippen molar-refractivity contribution in [2.75, 3.05) is 44.1 Å². The van der Waals surface area contributed by atoms with Crippen LogP contribution in [0, 0.1) is 0 Å². The van der Waals surface area contributed by atoms with Gasteiger partial charge in [0.05, 0.1) is 5.69 Å². The molecule has 1 saturated heterocycles. The van der Waals surface area contributed by atoms with Gasteiger partial charge in [-0.05, 0) is 35.7 Å². The molecule has 0 unspecified atom stereocenters. The van der Waals surface area contributed by atoms with Gasteiger partial charge in [-0.15, -0.1) is 23.7 Å². The van der Waals surface area contributed by atoms with E-state index < -0.39 is 10.0 Å². The lowest BCUT2D eigenvalue weighted by atomic mass is 10.3. The number of amides is 1. The lowest BCUT2D eigenvalue weighted by Crippen LogP contribution is -2.47. The van der Waals surface area contributed by atoms with Crippen molar-refractivity contribution in [1.82, 2.24) is 10.2 Å². The number of ether oxygens (including phenoxy) is 1. The number of halogens is 1. The van der Waals surface area contributed by atoms with E-state index in [1.54, 1.807) is 46.7 Å². The third-order valence-corrected chi connectivity index (χ3v) is 7.30. The predicted octanol–water partition coefficient (Wildman–Crippen LogP) is 1.81. The van der Waals surface area contributed by atoms with Gasteiger partial charge in [-0.3, -0.25) is 9.10 Å². The van der Waals surface area contributed by atoms with Gasteiger partial charge in [-0.25, -0.2) is 8.42 Å². The molecule has 2 heterocycles. The second kappa shape index (κ2) is 9.41. The van der Waals surface area contributed by atoms with E-state index in [1.165, 1.54) is 22.7 Å². The van der Waals surface area contributed by atoms with Crippen LogP contribution >= 0.6 is 23.7 Å². The number of thiophene rings is 1. The molecule has 1 aromatic carbocycles. The van der Waals surface area contributed by atoms with Crippen LogP contribution in [0.3, 0.4) is 0 Å². The van der Waals surface area contributed by atoms with Crippen molar-refractivity contribution in [2.24, 2.45) is 0 Å². The van der Waals surface area contributed by atoms with Gasteiger partial charge in [0.2, 0.25) is 0 Å². The molecule has 1 aliphatic rings. The molecular formula is C17H22ClN3O4S2. The molecule has 0 aliphatic carbocycles. The Morgan fingerprint density at radius 2 is 1.89 bits per heavy atom. The third-order valence-electron chi connectivity index (χ3n) is 4.14. The zero-order valence-electron chi connectivity index (χ0n) is 14.8. The summed E-state index contributed by atoms with van der Waals surface area (Å²) in [5, 5.41) is 4.92. The molecule has 0 spiro atoms. The summed E-state index contributed by atoms with van der Waals surface area (Å²) in [4.78, 5) is 13.9. The number of carbonyl (C=O) groups is 1. The highest BCUT2D eigenvalue weighted by molar-refractivity contribution is 7.94. The number of carbonyl (C=O) groups excluding carboxylic acids is 1. The van der Waals surface area contributed by atoms with E-state index in [9.17, 15) is 13.2 Å². The predicted molar refractivity (Wildman–Crippen MR) is 109 cm³/mol. The topological polar surface area (TPSA) is 79.0 Å². The monoisotopic (exact) mass is 431 g/mol. The summed E-state index contributed by atoms with van der Waals surface area (Å²) in [5.74, 6) is 0.479. The van der Waals surface area contributed by atoms with Crippen molar-refractivity contribution in [1.29, 1.82) is 0 Å². The molecule has 10 heteroatoms. The van der Waals surface area contributed by atoms with E-state index in [4.69, 9.17) is 4.74 Å². The molecule has 1 aliphatic heterocycles. The number of nitrogens with one attached hydrogen (secondary N) is 1. The SMILES string of the molecule is CN(c1ccc(OCC(=O)N2CCNCC2)cc1)S(=O)(=O)c1cccs1.Cl. The Labute approximate surface area is 169 Å². The first-order valence-electron chi connectivity index (χ1n) is 8.22. The van der Waals surface area contributed by atoms with E-state index in [0.717, 1.165) is 13.1 Å². The Hall–Kier alpha value is -1.81. The summed E-state index contributed by atoms with van der Waals surface area (Å²) < 4.78 is 32.1. The maximum absolute atomic E-state index is 12.5. The van der Waals surface area contributed by atoms with Gasteiger partial charge in [0, 0.05) is 33.2 Å². The maximum atomic E-state index is 12.5. The molecule has 1 fully saturated rings. The van der Waals surface area contributed by atoms with Crippen LogP contribution in [0.4, 0.5) is 5.69 Å². The van der Waals surface area contributed by atoms with Crippen molar-refractivity contribution >= 4 is 45.4 Å². The van der Waals surface area contributed by atoms with Gasteiger partial charge < -0.3 is 15.0 Å². The number of piperazine rings is 1. The number of nitrogens with zero attached hydrogens (tertiary/aromatic N) is 2. The fourth-order valence-electron chi connectivity index (χ4n) is 2.59. The van der Waals surface area contributed by atoms with Gasteiger partial charge in [-0.1, -0.05) is 6.07 Å². The number of hydrogen-bond acceptors (Lipinski definition) is 6. The summed E-state index contributed by atoms with van der Waals surface area (Å²) in [6.07, 6.45) is 0. The number of anilines is 1. The summed E-state index contributed by atoms with van der Waals surface area (Å²) in [6, 6.07) is 9.95. The van der Waals surface area contributed by atoms with Gasteiger partial charge in [0.15, 0.2) is 6.61 Å². The molecule has 7 nitrogen and oxygen atoms in total. The Kier molecular flexibility index (Phi) is 7.49. The molecule has 0 bridgehead atoms. The first-order chi connectivity index (χ1) is 12.5. The Bertz CT molecular complexity index is 836. The van der Waals surface area contributed by atoms with Crippen LogP contribution in [-0.4, -0.2) is 59.1 Å². The smallest absolute Gasteiger partial charge is 0.273 e. The molecule has 0 radical (unpaired) electrons. The Morgan fingerprint density at radius 1 is 1.22 bits per heavy atom. The second-order valence-corrected chi connectivity index (χ2v) is 8.96. The van der Waals surface area contributed by atoms with Crippen molar-refractivity contribution in [3.05, 3.63) is 41.8 Å². The van der Waals surface area contributed by atoms with Crippen LogP contribution in [0.5, 0.6) is 5.75 Å². The fourth-order valence-corrected chi connectivity index (χ4v) is 4.94. The molecular weight excluding hydrogens is 410 g/mol. The molecule has 1 aromatic heterocycles. The van der Waals surface area contributed by atoms with E-state index in [1.807, 2.05) is 0 Å². The minimum atomic E-state index is -3.56. The first kappa shape index (κ1) is 21.5. The molecule has 27 heavy (non-hydrogen) atoms. The molecule has 3 rings (SSSR count). The minimum absolute atomic E-state index is 0. The number of rotatable bonds is 6. The molecule has 0 atom stereocenters. The first-order valence-corrected chi connectivity index (χ1v) is 10.5. The molecule has 0 saturated carbocycles. The maximum Gasteiger partial charge on any atom is 0.273 e. The average molecular weight is 432 g/mol. The van der Waals surface area contributed by atoms with E-state index in [0.29, 0.717) is 28.7 Å². The Morgan fingerprint density at radius 3 is 2.48 bits per heavy atom. The highest BCUT2D eigenvalue weighted by Gasteiger charge is 2.22. The van der Waals surface area contributed by atoms with Gasteiger partial charge in [0.1, 0.15) is 9.96 Å². The molecule has 1 N–H and O–H groups in total. The zero-order valence-corrected chi connectivity index (χ0v) is 17.3. The van der Waals surface area contributed by atoms with Crippen molar-refractivity contribution in [3.8, 4) is 5.75 Å². The highest BCUT2D eigenvalue weighted by atomic mass is 35.5. The van der Waals surface area contributed by atoms with Gasteiger partial charge in [-0.2, -0.15) is 0 Å². The normalized spacial score (nSPS) is 14.3. The van der Waals surface area contributed by atoms with Crippen LogP contribution in [0.1, 0.15) is 0 Å².